The lowest BCUT2D eigenvalue weighted by atomic mass is 10.1. The molecule has 1 amide bonds. The summed E-state index contributed by atoms with van der Waals surface area (Å²) in [5, 5.41) is 5.56. The van der Waals surface area contributed by atoms with Gasteiger partial charge in [0.1, 0.15) is 22.9 Å². The molecule has 1 N–H and O–H groups in total. The molecule has 0 aliphatic heterocycles. The van der Waals surface area contributed by atoms with Gasteiger partial charge in [-0.2, -0.15) is 0 Å². The molecular weight excluding hydrogens is 486 g/mol. The molecule has 7 nitrogen and oxygen atoms in total. The van der Waals surface area contributed by atoms with Crippen molar-refractivity contribution in [2.24, 2.45) is 0 Å². The van der Waals surface area contributed by atoms with Crippen molar-refractivity contribution in [2.75, 3.05) is 32.8 Å². The fourth-order valence-electron chi connectivity index (χ4n) is 3.89. The second-order valence-electron chi connectivity index (χ2n) is 8.43. The first-order valence-electron chi connectivity index (χ1n) is 12.0. The van der Waals surface area contributed by atoms with Crippen LogP contribution in [0.1, 0.15) is 27.2 Å². The monoisotopic (exact) mass is 517 g/mol. The van der Waals surface area contributed by atoms with E-state index in [1.165, 1.54) is 11.3 Å². The lowest BCUT2D eigenvalue weighted by molar-refractivity contribution is 0.0950. The Bertz CT molecular complexity index is 1260. The number of benzene rings is 3. The molecular formula is C29H31N3O4S. The number of rotatable bonds is 12. The van der Waals surface area contributed by atoms with Gasteiger partial charge in [0, 0.05) is 25.0 Å². The molecule has 0 radical (unpaired) electrons. The zero-order chi connectivity index (χ0) is 26.0. The molecule has 0 fully saturated rings. The van der Waals surface area contributed by atoms with Gasteiger partial charge in [0.2, 0.25) is 0 Å². The van der Waals surface area contributed by atoms with Crippen LogP contribution in [0.3, 0.4) is 0 Å². The highest BCUT2D eigenvalue weighted by Crippen LogP contribution is 2.26. The van der Waals surface area contributed by atoms with Gasteiger partial charge in [-0.05, 0) is 59.5 Å². The maximum atomic E-state index is 12.8. The van der Waals surface area contributed by atoms with Gasteiger partial charge < -0.3 is 24.4 Å². The molecule has 0 bridgehead atoms. The first kappa shape index (κ1) is 26.0. The Morgan fingerprint density at radius 1 is 0.811 bits per heavy atom. The van der Waals surface area contributed by atoms with Gasteiger partial charge in [0.15, 0.2) is 5.13 Å². The number of carbonyl (C=O) groups excluding carboxylic acids is 1. The van der Waals surface area contributed by atoms with Crippen molar-refractivity contribution < 1.29 is 19.0 Å². The van der Waals surface area contributed by atoms with Crippen molar-refractivity contribution in [2.45, 2.75) is 19.5 Å². The number of amides is 1. The van der Waals surface area contributed by atoms with Crippen LogP contribution in [0, 0.1) is 0 Å². The Morgan fingerprint density at radius 3 is 1.97 bits per heavy atom. The van der Waals surface area contributed by atoms with E-state index in [0.717, 1.165) is 45.5 Å². The number of nitrogens with one attached hydrogen (secondary N) is 1. The zero-order valence-electron chi connectivity index (χ0n) is 21.3. The highest BCUT2D eigenvalue weighted by molar-refractivity contribution is 7.13. The van der Waals surface area contributed by atoms with E-state index in [-0.39, 0.29) is 5.91 Å². The number of aromatic nitrogens is 1. The number of ether oxygens (including phenoxy) is 3. The van der Waals surface area contributed by atoms with Gasteiger partial charge >= 0.3 is 0 Å². The van der Waals surface area contributed by atoms with Crippen molar-refractivity contribution in [1.29, 1.82) is 0 Å². The van der Waals surface area contributed by atoms with Crippen LogP contribution in [0.4, 0.5) is 5.13 Å². The molecule has 4 rings (SSSR count). The number of hydrogen-bond donors (Lipinski definition) is 1. The number of nitrogens with zero attached hydrogens (tertiary/aromatic N) is 2. The van der Waals surface area contributed by atoms with Crippen LogP contribution in [-0.4, -0.2) is 38.8 Å². The minimum atomic E-state index is -0.182. The number of hydrogen-bond acceptors (Lipinski definition) is 7. The number of methoxy groups -OCH3 is 3. The largest absolute Gasteiger partial charge is 0.497 e. The average Bonchev–Trinajstić information content (AvgIpc) is 3.44. The van der Waals surface area contributed by atoms with E-state index in [0.29, 0.717) is 25.3 Å². The van der Waals surface area contributed by atoms with E-state index in [2.05, 4.69) is 27.3 Å². The molecule has 4 aromatic rings. The molecule has 0 spiro atoms. The maximum Gasteiger partial charge on any atom is 0.270 e. The topological polar surface area (TPSA) is 72.9 Å². The Balaban J connectivity index is 1.46. The van der Waals surface area contributed by atoms with Crippen LogP contribution in [0.5, 0.6) is 17.2 Å². The fraction of sp³-hybridized carbons (Fsp3) is 0.241. The van der Waals surface area contributed by atoms with E-state index in [1.807, 2.05) is 66.0 Å². The molecule has 3 aromatic carbocycles. The molecule has 1 aromatic heterocycles. The van der Waals surface area contributed by atoms with Crippen LogP contribution < -0.4 is 24.4 Å². The summed E-state index contributed by atoms with van der Waals surface area (Å²) in [6.07, 6.45) is 0.727. The molecule has 0 saturated heterocycles. The fourth-order valence-corrected chi connectivity index (χ4v) is 4.70. The van der Waals surface area contributed by atoms with Crippen LogP contribution in [0.15, 0.2) is 78.2 Å². The van der Waals surface area contributed by atoms with Crippen molar-refractivity contribution >= 4 is 22.4 Å². The lowest BCUT2D eigenvalue weighted by Gasteiger charge is -2.22. The van der Waals surface area contributed by atoms with Gasteiger partial charge in [-0.25, -0.2) is 4.98 Å². The number of thiazole rings is 1. The second kappa shape index (κ2) is 12.8. The molecule has 0 unspecified atom stereocenters. The van der Waals surface area contributed by atoms with E-state index in [1.54, 1.807) is 21.3 Å². The quantitative estimate of drug-likeness (QED) is 0.273. The number of carbonyl (C=O) groups is 1. The van der Waals surface area contributed by atoms with E-state index >= 15 is 0 Å². The summed E-state index contributed by atoms with van der Waals surface area (Å²) in [7, 11) is 4.97. The first-order valence-corrected chi connectivity index (χ1v) is 12.8. The first-order chi connectivity index (χ1) is 18.1. The molecule has 8 heteroatoms. The summed E-state index contributed by atoms with van der Waals surface area (Å²) >= 11 is 1.46. The SMILES string of the molecule is COc1ccc(CCNC(=O)c2csc(N(Cc3cccc(OC)c3)Cc3cccc(OC)c3)n2)cc1. The summed E-state index contributed by atoms with van der Waals surface area (Å²) in [6, 6.07) is 23.8. The Hall–Kier alpha value is -4.04. The van der Waals surface area contributed by atoms with Crippen LogP contribution >= 0.6 is 11.3 Å². The smallest absolute Gasteiger partial charge is 0.270 e. The van der Waals surface area contributed by atoms with Gasteiger partial charge in [-0.1, -0.05) is 36.4 Å². The lowest BCUT2D eigenvalue weighted by Crippen LogP contribution is -2.26. The summed E-state index contributed by atoms with van der Waals surface area (Å²) in [4.78, 5) is 19.7. The predicted octanol–water partition coefficient (Wildman–Crippen LogP) is 5.35. The van der Waals surface area contributed by atoms with Crippen molar-refractivity contribution in [3.8, 4) is 17.2 Å². The summed E-state index contributed by atoms with van der Waals surface area (Å²) < 4.78 is 16.0. The number of anilines is 1. The molecule has 0 atom stereocenters. The van der Waals surface area contributed by atoms with Crippen LogP contribution in [0.2, 0.25) is 0 Å². The maximum absolute atomic E-state index is 12.8. The minimum absolute atomic E-state index is 0.182. The van der Waals surface area contributed by atoms with Gasteiger partial charge in [-0.15, -0.1) is 11.3 Å². The molecule has 1 heterocycles. The molecule has 0 aliphatic carbocycles. The molecule has 37 heavy (non-hydrogen) atoms. The van der Waals surface area contributed by atoms with Gasteiger partial charge in [0.25, 0.3) is 5.91 Å². The van der Waals surface area contributed by atoms with Crippen molar-refractivity contribution in [3.05, 3.63) is 101 Å². The van der Waals surface area contributed by atoms with E-state index in [9.17, 15) is 4.79 Å². The summed E-state index contributed by atoms with van der Waals surface area (Å²) in [5.74, 6) is 2.23. The third-order valence-corrected chi connectivity index (χ3v) is 6.77. The standard InChI is InChI=1S/C29H31N3O4S/c1-34-24-12-10-21(11-13-24)14-15-30-28(33)27-20-37-29(31-27)32(18-22-6-4-8-25(16-22)35-2)19-23-7-5-9-26(17-23)36-3/h4-13,16-17,20H,14-15,18-19H2,1-3H3,(H,30,33). The summed E-state index contributed by atoms with van der Waals surface area (Å²) in [6.45, 7) is 1.75. The third kappa shape index (κ3) is 7.24. The highest BCUT2D eigenvalue weighted by Gasteiger charge is 2.17. The highest BCUT2D eigenvalue weighted by atomic mass is 32.1. The predicted molar refractivity (Wildman–Crippen MR) is 147 cm³/mol. The van der Waals surface area contributed by atoms with Gasteiger partial charge in [0.05, 0.1) is 21.3 Å². The molecule has 192 valence electrons. The van der Waals surface area contributed by atoms with Crippen LogP contribution in [-0.2, 0) is 19.5 Å². The van der Waals surface area contributed by atoms with Crippen molar-refractivity contribution in [1.82, 2.24) is 10.3 Å². The van der Waals surface area contributed by atoms with E-state index < -0.39 is 0 Å². The zero-order valence-corrected chi connectivity index (χ0v) is 22.1. The summed E-state index contributed by atoms with van der Waals surface area (Å²) in [5.41, 5.74) is 3.71. The molecule has 0 aliphatic rings. The van der Waals surface area contributed by atoms with Gasteiger partial charge in [-0.3, -0.25) is 4.79 Å². The normalized spacial score (nSPS) is 10.6. The second-order valence-corrected chi connectivity index (χ2v) is 9.26. The average molecular weight is 518 g/mol. The Morgan fingerprint density at radius 2 is 1.41 bits per heavy atom. The molecule has 0 saturated carbocycles. The van der Waals surface area contributed by atoms with Crippen LogP contribution in [0.25, 0.3) is 0 Å². The van der Waals surface area contributed by atoms with E-state index in [4.69, 9.17) is 14.2 Å². The Labute approximate surface area is 221 Å². The van der Waals surface area contributed by atoms with Crippen molar-refractivity contribution in [3.63, 3.8) is 0 Å². The third-order valence-electron chi connectivity index (χ3n) is 5.87. The minimum Gasteiger partial charge on any atom is -0.497 e. The Kier molecular flexibility index (Phi) is 8.99.